The lowest BCUT2D eigenvalue weighted by Gasteiger charge is -2.02. The molecule has 1 aromatic heterocycles. The van der Waals surface area contributed by atoms with Crippen molar-refractivity contribution in [2.45, 2.75) is 6.92 Å². The molecule has 0 bridgehead atoms. The van der Waals surface area contributed by atoms with Crippen molar-refractivity contribution in [3.8, 4) is 5.69 Å². The Labute approximate surface area is 179 Å². The van der Waals surface area contributed by atoms with Gasteiger partial charge in [-0.3, -0.25) is 9.59 Å². The van der Waals surface area contributed by atoms with Crippen molar-refractivity contribution in [2.24, 2.45) is 5.10 Å². The molecule has 1 heterocycles. The Kier molecular flexibility index (Phi) is 7.13. The van der Waals surface area contributed by atoms with E-state index in [-0.39, 0.29) is 12.5 Å². The Bertz CT molecular complexity index is 1080. The molecule has 2 amide bonds. The fraction of sp³-hybridized carbons (Fsp3) is 0.0909. The highest BCUT2D eigenvalue weighted by atomic mass is 35.5. The number of carbonyl (C=O) groups excluding carboxylic acids is 2. The number of hydrogen-bond acceptors (Lipinski definition) is 4. The molecule has 8 heteroatoms. The van der Waals surface area contributed by atoms with Crippen molar-refractivity contribution < 1.29 is 9.59 Å². The van der Waals surface area contributed by atoms with E-state index in [0.717, 1.165) is 11.3 Å². The van der Waals surface area contributed by atoms with Crippen LogP contribution in [-0.4, -0.2) is 34.4 Å². The molecule has 0 atom stereocenters. The molecule has 3 aromatic rings. The summed E-state index contributed by atoms with van der Waals surface area (Å²) >= 11 is 6.40. The van der Waals surface area contributed by atoms with E-state index < -0.39 is 5.91 Å². The van der Waals surface area contributed by atoms with Gasteiger partial charge in [-0.05, 0) is 30.7 Å². The first kappa shape index (κ1) is 21.0. The number of amides is 2. The van der Waals surface area contributed by atoms with E-state index in [1.807, 2.05) is 60.7 Å². The minimum Gasteiger partial charge on any atom is -0.343 e. The van der Waals surface area contributed by atoms with Crippen LogP contribution in [0, 0.1) is 6.92 Å². The SMILES string of the molecule is Cc1nn(-c2ccccc2)c(Cl)c1/C=N\NC(=O)CNC(=O)/C=C/c1ccccc1. The molecule has 0 radical (unpaired) electrons. The summed E-state index contributed by atoms with van der Waals surface area (Å²) in [4.78, 5) is 23.7. The maximum Gasteiger partial charge on any atom is 0.259 e. The fourth-order valence-electron chi connectivity index (χ4n) is 2.57. The first-order valence-electron chi connectivity index (χ1n) is 9.18. The minimum absolute atomic E-state index is 0.203. The van der Waals surface area contributed by atoms with Gasteiger partial charge in [-0.2, -0.15) is 10.2 Å². The summed E-state index contributed by atoms with van der Waals surface area (Å²) in [5.74, 6) is -0.835. The number of nitrogens with one attached hydrogen (secondary N) is 2. The van der Waals surface area contributed by atoms with Gasteiger partial charge in [-0.1, -0.05) is 60.1 Å². The summed E-state index contributed by atoms with van der Waals surface area (Å²) in [7, 11) is 0. The van der Waals surface area contributed by atoms with Crippen LogP contribution in [0.15, 0.2) is 71.8 Å². The highest BCUT2D eigenvalue weighted by Crippen LogP contribution is 2.21. The Morgan fingerprint density at radius 1 is 1.10 bits per heavy atom. The number of hydrazone groups is 1. The van der Waals surface area contributed by atoms with Gasteiger partial charge < -0.3 is 5.32 Å². The van der Waals surface area contributed by atoms with Crippen LogP contribution in [0.3, 0.4) is 0 Å². The largest absolute Gasteiger partial charge is 0.343 e. The van der Waals surface area contributed by atoms with Crippen molar-refractivity contribution in [3.63, 3.8) is 0 Å². The number of rotatable bonds is 7. The van der Waals surface area contributed by atoms with E-state index in [9.17, 15) is 9.59 Å². The van der Waals surface area contributed by atoms with Crippen molar-refractivity contribution in [1.29, 1.82) is 0 Å². The molecule has 0 fully saturated rings. The number of para-hydroxylation sites is 1. The van der Waals surface area contributed by atoms with Crippen molar-refractivity contribution >= 4 is 35.7 Å². The van der Waals surface area contributed by atoms with Crippen LogP contribution < -0.4 is 10.7 Å². The molecule has 0 unspecified atom stereocenters. The van der Waals surface area contributed by atoms with Crippen LogP contribution in [0.1, 0.15) is 16.8 Å². The molecule has 0 saturated carbocycles. The third-order valence-electron chi connectivity index (χ3n) is 4.08. The number of hydrogen-bond donors (Lipinski definition) is 2. The molecule has 0 aliphatic heterocycles. The number of halogens is 1. The van der Waals surface area contributed by atoms with E-state index in [2.05, 4.69) is 20.9 Å². The summed E-state index contributed by atoms with van der Waals surface area (Å²) in [5.41, 5.74) is 5.33. The van der Waals surface area contributed by atoms with E-state index in [1.165, 1.54) is 12.3 Å². The van der Waals surface area contributed by atoms with Crippen LogP contribution in [0.2, 0.25) is 5.15 Å². The predicted molar refractivity (Wildman–Crippen MR) is 118 cm³/mol. The van der Waals surface area contributed by atoms with Crippen LogP contribution in [0.25, 0.3) is 11.8 Å². The lowest BCUT2D eigenvalue weighted by molar-refractivity contribution is -0.123. The highest BCUT2D eigenvalue weighted by Gasteiger charge is 2.13. The smallest absolute Gasteiger partial charge is 0.259 e. The molecule has 152 valence electrons. The second kappa shape index (κ2) is 10.2. The summed E-state index contributed by atoms with van der Waals surface area (Å²) in [6.07, 6.45) is 4.46. The summed E-state index contributed by atoms with van der Waals surface area (Å²) in [6.45, 7) is 1.60. The van der Waals surface area contributed by atoms with Crippen LogP contribution in [-0.2, 0) is 9.59 Å². The lowest BCUT2D eigenvalue weighted by atomic mass is 10.2. The van der Waals surface area contributed by atoms with Gasteiger partial charge in [0.25, 0.3) is 5.91 Å². The van der Waals surface area contributed by atoms with E-state index in [0.29, 0.717) is 16.4 Å². The normalized spacial score (nSPS) is 11.1. The van der Waals surface area contributed by atoms with Crippen LogP contribution >= 0.6 is 11.6 Å². The monoisotopic (exact) mass is 421 g/mol. The van der Waals surface area contributed by atoms with Gasteiger partial charge in [0.2, 0.25) is 5.91 Å². The molecule has 0 aliphatic rings. The van der Waals surface area contributed by atoms with Crippen molar-refractivity contribution in [1.82, 2.24) is 20.5 Å². The van der Waals surface area contributed by atoms with Gasteiger partial charge in [-0.25, -0.2) is 10.1 Å². The zero-order chi connectivity index (χ0) is 21.3. The van der Waals surface area contributed by atoms with E-state index in [1.54, 1.807) is 17.7 Å². The number of aryl methyl sites for hydroxylation is 1. The maximum absolute atomic E-state index is 11.9. The maximum atomic E-state index is 11.9. The van der Waals surface area contributed by atoms with Gasteiger partial charge in [0, 0.05) is 6.08 Å². The summed E-state index contributed by atoms with van der Waals surface area (Å²) in [6, 6.07) is 18.8. The Hall–Kier alpha value is -3.71. The first-order valence-corrected chi connectivity index (χ1v) is 9.56. The molecular weight excluding hydrogens is 402 g/mol. The van der Waals surface area contributed by atoms with Gasteiger partial charge in [0.15, 0.2) is 0 Å². The van der Waals surface area contributed by atoms with Crippen LogP contribution in [0.5, 0.6) is 0 Å². The van der Waals surface area contributed by atoms with Gasteiger partial charge >= 0.3 is 0 Å². The average Bonchev–Trinajstić information content (AvgIpc) is 3.06. The minimum atomic E-state index is -0.461. The highest BCUT2D eigenvalue weighted by molar-refractivity contribution is 6.32. The van der Waals surface area contributed by atoms with Gasteiger partial charge in [-0.15, -0.1) is 0 Å². The first-order chi connectivity index (χ1) is 14.5. The Morgan fingerprint density at radius 3 is 2.47 bits per heavy atom. The molecule has 0 aliphatic carbocycles. The second-order valence-corrected chi connectivity index (χ2v) is 6.65. The number of carbonyl (C=O) groups is 2. The van der Waals surface area contributed by atoms with E-state index in [4.69, 9.17) is 11.6 Å². The summed E-state index contributed by atoms with van der Waals surface area (Å²) in [5, 5.41) is 11.2. The molecule has 7 nitrogen and oxygen atoms in total. The van der Waals surface area contributed by atoms with Crippen molar-refractivity contribution in [3.05, 3.63) is 88.7 Å². The number of aromatic nitrogens is 2. The van der Waals surface area contributed by atoms with Gasteiger partial charge in [0.1, 0.15) is 5.15 Å². The van der Waals surface area contributed by atoms with E-state index >= 15 is 0 Å². The predicted octanol–water partition coefficient (Wildman–Crippen LogP) is 3.11. The zero-order valence-electron chi connectivity index (χ0n) is 16.2. The third-order valence-corrected chi connectivity index (χ3v) is 4.45. The molecule has 30 heavy (non-hydrogen) atoms. The molecule has 2 N–H and O–H groups in total. The quantitative estimate of drug-likeness (QED) is 0.349. The molecule has 0 spiro atoms. The van der Waals surface area contributed by atoms with Gasteiger partial charge in [0.05, 0.1) is 29.7 Å². The fourth-order valence-corrected chi connectivity index (χ4v) is 2.89. The Balaban J connectivity index is 1.52. The molecule has 0 saturated heterocycles. The number of benzene rings is 2. The molecule has 3 rings (SSSR count). The number of nitrogens with zero attached hydrogens (tertiary/aromatic N) is 3. The second-order valence-electron chi connectivity index (χ2n) is 6.29. The molecule has 2 aromatic carbocycles. The van der Waals surface area contributed by atoms with Crippen LogP contribution in [0.4, 0.5) is 0 Å². The lowest BCUT2D eigenvalue weighted by Crippen LogP contribution is -2.34. The third kappa shape index (κ3) is 5.65. The zero-order valence-corrected chi connectivity index (χ0v) is 17.0. The van der Waals surface area contributed by atoms with Crippen molar-refractivity contribution in [2.75, 3.05) is 6.54 Å². The molecular formula is C22H20ClN5O2. The average molecular weight is 422 g/mol. The topological polar surface area (TPSA) is 88.4 Å². The standard InChI is InChI=1S/C22H20ClN5O2/c1-16-19(22(23)28(27-16)18-10-6-3-7-11-18)14-25-26-21(30)15-24-20(29)13-12-17-8-4-2-5-9-17/h2-14H,15H2,1H3,(H,24,29)(H,26,30)/b13-12+,25-14-. The Morgan fingerprint density at radius 2 is 1.77 bits per heavy atom. The summed E-state index contributed by atoms with van der Waals surface area (Å²) < 4.78 is 1.60.